The van der Waals surface area contributed by atoms with Gasteiger partial charge in [-0.1, -0.05) is 6.92 Å². The third-order valence-corrected chi connectivity index (χ3v) is 2.95. The third kappa shape index (κ3) is 2.69. The summed E-state index contributed by atoms with van der Waals surface area (Å²) in [5, 5.41) is 0. The third-order valence-electron chi connectivity index (χ3n) is 2.95. The van der Waals surface area contributed by atoms with Gasteiger partial charge >= 0.3 is 0 Å². The summed E-state index contributed by atoms with van der Waals surface area (Å²) in [6.45, 7) is 8.23. The van der Waals surface area contributed by atoms with Gasteiger partial charge in [-0.15, -0.1) is 0 Å². The standard InChI is InChI=1S/C10H21N3O/c1-3-12(7-5-11)10-4-6-13(8-10)9(2)14/h10H,3-8,11H2,1-2H3/t10-/m1/s1. The Kier molecular flexibility index (Phi) is 4.35. The first-order valence-corrected chi connectivity index (χ1v) is 5.38. The molecule has 14 heavy (non-hydrogen) atoms. The zero-order valence-corrected chi connectivity index (χ0v) is 9.20. The van der Waals surface area contributed by atoms with Crippen molar-refractivity contribution in [3.8, 4) is 0 Å². The van der Waals surface area contributed by atoms with Gasteiger partial charge in [0.2, 0.25) is 5.91 Å². The van der Waals surface area contributed by atoms with E-state index in [0.29, 0.717) is 12.6 Å². The molecule has 82 valence electrons. The Morgan fingerprint density at radius 1 is 1.64 bits per heavy atom. The Bertz CT molecular complexity index is 196. The summed E-state index contributed by atoms with van der Waals surface area (Å²) in [5.74, 6) is 0.191. The highest BCUT2D eigenvalue weighted by molar-refractivity contribution is 5.73. The lowest BCUT2D eigenvalue weighted by Crippen LogP contribution is -2.40. The predicted molar refractivity (Wildman–Crippen MR) is 57.0 cm³/mol. The van der Waals surface area contributed by atoms with Crippen molar-refractivity contribution in [2.45, 2.75) is 26.3 Å². The summed E-state index contributed by atoms with van der Waals surface area (Å²) in [6.07, 6.45) is 1.09. The number of carbonyl (C=O) groups excluding carboxylic acids is 1. The number of amides is 1. The minimum atomic E-state index is 0.191. The topological polar surface area (TPSA) is 49.6 Å². The molecule has 1 heterocycles. The summed E-state index contributed by atoms with van der Waals surface area (Å²) in [4.78, 5) is 15.4. The van der Waals surface area contributed by atoms with Crippen LogP contribution in [0.1, 0.15) is 20.3 Å². The Morgan fingerprint density at radius 2 is 2.36 bits per heavy atom. The number of likely N-dealkylation sites (N-methyl/N-ethyl adjacent to an activating group) is 1. The van der Waals surface area contributed by atoms with Gasteiger partial charge in [-0.3, -0.25) is 9.69 Å². The number of nitrogens with two attached hydrogens (primary N) is 1. The fourth-order valence-electron chi connectivity index (χ4n) is 2.09. The van der Waals surface area contributed by atoms with Crippen LogP contribution in [0.2, 0.25) is 0 Å². The highest BCUT2D eigenvalue weighted by Crippen LogP contribution is 2.14. The molecule has 0 saturated carbocycles. The lowest BCUT2D eigenvalue weighted by atomic mass is 10.2. The molecule has 0 aromatic heterocycles. The Labute approximate surface area is 86.0 Å². The van der Waals surface area contributed by atoms with Crippen LogP contribution in [0.3, 0.4) is 0 Å². The molecule has 0 aromatic rings. The van der Waals surface area contributed by atoms with E-state index in [9.17, 15) is 4.79 Å². The van der Waals surface area contributed by atoms with Gasteiger partial charge in [0.25, 0.3) is 0 Å². The number of likely N-dealkylation sites (tertiary alicyclic amines) is 1. The molecule has 1 saturated heterocycles. The van der Waals surface area contributed by atoms with Crippen LogP contribution in [0.5, 0.6) is 0 Å². The first-order chi connectivity index (χ1) is 6.69. The van der Waals surface area contributed by atoms with Crippen LogP contribution in [0.4, 0.5) is 0 Å². The first-order valence-electron chi connectivity index (χ1n) is 5.38. The molecular formula is C10H21N3O. The van der Waals surface area contributed by atoms with Gasteiger partial charge in [0.05, 0.1) is 0 Å². The van der Waals surface area contributed by atoms with Crippen molar-refractivity contribution in [3.63, 3.8) is 0 Å². The molecule has 1 aliphatic heterocycles. The molecule has 1 atom stereocenters. The van der Waals surface area contributed by atoms with Crippen LogP contribution in [0, 0.1) is 0 Å². The van der Waals surface area contributed by atoms with E-state index in [0.717, 1.165) is 32.6 Å². The number of hydrogen-bond acceptors (Lipinski definition) is 3. The predicted octanol–water partition coefficient (Wildman–Crippen LogP) is -0.112. The van der Waals surface area contributed by atoms with Crippen molar-refractivity contribution in [3.05, 3.63) is 0 Å². The molecule has 4 heteroatoms. The van der Waals surface area contributed by atoms with Gasteiger partial charge in [-0.05, 0) is 13.0 Å². The van der Waals surface area contributed by atoms with Crippen LogP contribution in [0.15, 0.2) is 0 Å². The minimum Gasteiger partial charge on any atom is -0.341 e. The monoisotopic (exact) mass is 199 g/mol. The molecule has 1 aliphatic rings. The maximum absolute atomic E-state index is 11.1. The van der Waals surface area contributed by atoms with E-state index in [-0.39, 0.29) is 5.91 Å². The van der Waals surface area contributed by atoms with E-state index in [1.807, 2.05) is 4.90 Å². The number of nitrogens with zero attached hydrogens (tertiary/aromatic N) is 2. The van der Waals surface area contributed by atoms with Gasteiger partial charge in [-0.2, -0.15) is 0 Å². The lowest BCUT2D eigenvalue weighted by molar-refractivity contribution is -0.127. The maximum atomic E-state index is 11.1. The fraction of sp³-hybridized carbons (Fsp3) is 0.900. The Balaban J connectivity index is 2.42. The molecule has 0 radical (unpaired) electrons. The van der Waals surface area contributed by atoms with Gasteiger partial charge in [0.1, 0.15) is 0 Å². The van der Waals surface area contributed by atoms with E-state index < -0.39 is 0 Å². The van der Waals surface area contributed by atoms with Crippen molar-refractivity contribution >= 4 is 5.91 Å². The molecule has 0 aliphatic carbocycles. The van der Waals surface area contributed by atoms with E-state index in [1.165, 1.54) is 0 Å². The summed E-state index contributed by atoms with van der Waals surface area (Å²) in [5.41, 5.74) is 5.54. The average molecular weight is 199 g/mol. The SMILES string of the molecule is CCN(CCN)[C@@H]1CCN(C(C)=O)C1. The summed E-state index contributed by atoms with van der Waals surface area (Å²) < 4.78 is 0. The van der Waals surface area contributed by atoms with E-state index in [1.54, 1.807) is 6.92 Å². The Hall–Kier alpha value is -0.610. The second kappa shape index (κ2) is 5.32. The van der Waals surface area contributed by atoms with Crippen LogP contribution < -0.4 is 5.73 Å². The molecule has 4 nitrogen and oxygen atoms in total. The highest BCUT2D eigenvalue weighted by Gasteiger charge is 2.27. The lowest BCUT2D eigenvalue weighted by Gasteiger charge is -2.26. The average Bonchev–Trinajstić information content (AvgIpc) is 2.63. The number of hydrogen-bond donors (Lipinski definition) is 1. The minimum absolute atomic E-state index is 0.191. The van der Waals surface area contributed by atoms with Gasteiger partial charge in [-0.25, -0.2) is 0 Å². The van der Waals surface area contributed by atoms with Crippen molar-refractivity contribution in [2.75, 3.05) is 32.7 Å². The fourth-order valence-corrected chi connectivity index (χ4v) is 2.09. The van der Waals surface area contributed by atoms with Gasteiger partial charge in [0, 0.05) is 39.1 Å². The molecular weight excluding hydrogens is 178 g/mol. The summed E-state index contributed by atoms with van der Waals surface area (Å²) in [7, 11) is 0. The highest BCUT2D eigenvalue weighted by atomic mass is 16.2. The molecule has 2 N–H and O–H groups in total. The smallest absolute Gasteiger partial charge is 0.219 e. The second-order valence-corrected chi connectivity index (χ2v) is 3.82. The van der Waals surface area contributed by atoms with Gasteiger partial charge < -0.3 is 10.6 Å². The normalized spacial score (nSPS) is 22.0. The number of rotatable bonds is 4. The molecule has 1 amide bonds. The molecule has 0 bridgehead atoms. The largest absolute Gasteiger partial charge is 0.341 e. The Morgan fingerprint density at radius 3 is 2.79 bits per heavy atom. The van der Waals surface area contributed by atoms with E-state index >= 15 is 0 Å². The van der Waals surface area contributed by atoms with Crippen LogP contribution in [0.25, 0.3) is 0 Å². The van der Waals surface area contributed by atoms with Crippen molar-refractivity contribution < 1.29 is 4.79 Å². The van der Waals surface area contributed by atoms with E-state index in [2.05, 4.69) is 11.8 Å². The summed E-state index contributed by atoms with van der Waals surface area (Å²) >= 11 is 0. The van der Waals surface area contributed by atoms with Crippen LogP contribution >= 0.6 is 0 Å². The zero-order valence-electron chi connectivity index (χ0n) is 9.20. The first kappa shape index (κ1) is 11.5. The zero-order chi connectivity index (χ0) is 10.6. The molecule has 0 aromatic carbocycles. The molecule has 0 spiro atoms. The number of carbonyl (C=O) groups is 1. The van der Waals surface area contributed by atoms with Crippen molar-refractivity contribution in [1.82, 2.24) is 9.80 Å². The van der Waals surface area contributed by atoms with Gasteiger partial charge in [0.15, 0.2) is 0 Å². The molecule has 0 unspecified atom stereocenters. The molecule has 1 fully saturated rings. The van der Waals surface area contributed by atoms with E-state index in [4.69, 9.17) is 5.73 Å². The second-order valence-electron chi connectivity index (χ2n) is 3.82. The summed E-state index contributed by atoms with van der Waals surface area (Å²) in [6, 6.07) is 0.521. The quantitative estimate of drug-likeness (QED) is 0.687. The maximum Gasteiger partial charge on any atom is 0.219 e. The van der Waals surface area contributed by atoms with Crippen LogP contribution in [-0.4, -0.2) is 54.5 Å². The molecule has 1 rings (SSSR count). The van der Waals surface area contributed by atoms with Crippen molar-refractivity contribution in [1.29, 1.82) is 0 Å². The van der Waals surface area contributed by atoms with Crippen molar-refractivity contribution in [2.24, 2.45) is 5.73 Å². The van der Waals surface area contributed by atoms with Crippen LogP contribution in [-0.2, 0) is 4.79 Å².